The third-order valence-electron chi connectivity index (χ3n) is 3.28. The fourth-order valence-corrected chi connectivity index (χ4v) is 2.48. The smallest absolute Gasteiger partial charge is 0.259 e. The molecular formula is C18H14Cl2N2O3. The molecule has 0 fully saturated rings. The number of hydrogen-bond donors (Lipinski definition) is 1. The van der Waals surface area contributed by atoms with E-state index in [9.17, 15) is 4.79 Å². The minimum Gasteiger partial charge on any atom is -0.493 e. The van der Waals surface area contributed by atoms with Crippen LogP contribution in [0.15, 0.2) is 42.0 Å². The van der Waals surface area contributed by atoms with Gasteiger partial charge in [0.25, 0.3) is 5.91 Å². The van der Waals surface area contributed by atoms with Gasteiger partial charge in [0.1, 0.15) is 18.2 Å². The second kappa shape index (κ2) is 8.43. The first-order chi connectivity index (χ1) is 11.9. The summed E-state index contributed by atoms with van der Waals surface area (Å²) in [6.07, 6.45) is 1.38. The molecule has 0 spiro atoms. The first kappa shape index (κ1) is 18.7. The lowest BCUT2D eigenvalue weighted by Crippen LogP contribution is -2.12. The predicted molar refractivity (Wildman–Crippen MR) is 96.6 cm³/mol. The van der Waals surface area contributed by atoms with Crippen molar-refractivity contribution in [2.24, 2.45) is 5.73 Å². The number of primary amides is 1. The predicted octanol–water partition coefficient (Wildman–Crippen LogP) is 3.97. The van der Waals surface area contributed by atoms with Gasteiger partial charge in [0.05, 0.1) is 7.11 Å². The number of carbonyl (C=O) groups excluding carboxylic acids is 1. The van der Waals surface area contributed by atoms with E-state index in [1.54, 1.807) is 42.5 Å². The van der Waals surface area contributed by atoms with Gasteiger partial charge in [-0.1, -0.05) is 35.3 Å². The molecule has 128 valence electrons. The van der Waals surface area contributed by atoms with Gasteiger partial charge in [-0.15, -0.1) is 0 Å². The second-order valence-corrected chi connectivity index (χ2v) is 5.81. The summed E-state index contributed by atoms with van der Waals surface area (Å²) in [7, 11) is 1.51. The molecule has 7 heteroatoms. The summed E-state index contributed by atoms with van der Waals surface area (Å²) in [5.74, 6) is 0.137. The zero-order valence-corrected chi connectivity index (χ0v) is 14.8. The van der Waals surface area contributed by atoms with Crippen LogP contribution in [0.25, 0.3) is 6.08 Å². The zero-order valence-electron chi connectivity index (χ0n) is 13.3. The highest BCUT2D eigenvalue weighted by Crippen LogP contribution is 2.31. The average molecular weight is 377 g/mol. The van der Waals surface area contributed by atoms with E-state index in [2.05, 4.69) is 0 Å². The Morgan fingerprint density at radius 3 is 2.60 bits per heavy atom. The fraction of sp³-hybridized carbons (Fsp3) is 0.111. The van der Waals surface area contributed by atoms with Crippen LogP contribution in [-0.2, 0) is 11.4 Å². The Labute approximate surface area is 155 Å². The van der Waals surface area contributed by atoms with Crippen LogP contribution < -0.4 is 15.2 Å². The number of nitriles is 1. The number of halogens is 2. The lowest BCUT2D eigenvalue weighted by atomic mass is 10.1. The molecule has 2 rings (SSSR count). The van der Waals surface area contributed by atoms with Crippen LogP contribution >= 0.6 is 23.2 Å². The maximum Gasteiger partial charge on any atom is 0.259 e. The van der Waals surface area contributed by atoms with Gasteiger partial charge in [-0.05, 0) is 35.9 Å². The van der Waals surface area contributed by atoms with E-state index in [0.717, 1.165) is 5.56 Å². The number of methoxy groups -OCH3 is 1. The van der Waals surface area contributed by atoms with E-state index in [4.69, 9.17) is 43.7 Å². The number of benzene rings is 2. The summed E-state index contributed by atoms with van der Waals surface area (Å²) < 4.78 is 11.0. The molecule has 5 nitrogen and oxygen atoms in total. The molecule has 25 heavy (non-hydrogen) atoms. The molecule has 2 aromatic rings. The first-order valence-corrected chi connectivity index (χ1v) is 7.86. The number of hydrogen-bond acceptors (Lipinski definition) is 4. The van der Waals surface area contributed by atoms with Gasteiger partial charge in [0.2, 0.25) is 0 Å². The molecule has 2 aromatic carbocycles. The fourth-order valence-electron chi connectivity index (χ4n) is 2.02. The van der Waals surface area contributed by atoms with Crippen LogP contribution in [-0.4, -0.2) is 13.0 Å². The molecule has 0 aliphatic carbocycles. The molecule has 0 heterocycles. The molecule has 2 N–H and O–H groups in total. The van der Waals surface area contributed by atoms with Gasteiger partial charge in [0.15, 0.2) is 11.5 Å². The normalized spacial score (nSPS) is 10.9. The van der Waals surface area contributed by atoms with E-state index in [0.29, 0.717) is 27.1 Å². The van der Waals surface area contributed by atoms with Crippen molar-refractivity contribution < 1.29 is 14.3 Å². The summed E-state index contributed by atoms with van der Waals surface area (Å²) in [6, 6.07) is 11.9. The molecule has 0 saturated carbocycles. The summed E-state index contributed by atoms with van der Waals surface area (Å²) in [5, 5.41) is 9.96. The van der Waals surface area contributed by atoms with Gasteiger partial charge in [-0.3, -0.25) is 4.79 Å². The van der Waals surface area contributed by atoms with Crippen LogP contribution in [0.5, 0.6) is 11.5 Å². The van der Waals surface area contributed by atoms with Gasteiger partial charge in [-0.2, -0.15) is 5.26 Å². The van der Waals surface area contributed by atoms with E-state index >= 15 is 0 Å². The van der Waals surface area contributed by atoms with Gasteiger partial charge in [-0.25, -0.2) is 0 Å². The van der Waals surface area contributed by atoms with Gasteiger partial charge >= 0.3 is 0 Å². The standard InChI is InChI=1S/C18H14Cl2N2O3/c1-24-16-5-2-11(6-13(9-21)18(22)23)7-17(16)25-10-12-3-4-14(19)8-15(12)20/h2-8H,10H2,1H3,(H2,22,23)/b13-6-. The van der Waals surface area contributed by atoms with Crippen LogP contribution in [0, 0.1) is 11.3 Å². The minimum atomic E-state index is -0.797. The Balaban J connectivity index is 2.28. The molecule has 0 aliphatic heterocycles. The molecular weight excluding hydrogens is 363 g/mol. The number of nitrogens with zero attached hydrogens (tertiary/aromatic N) is 1. The van der Waals surface area contributed by atoms with E-state index in [1.165, 1.54) is 13.2 Å². The Morgan fingerprint density at radius 2 is 2.00 bits per heavy atom. The first-order valence-electron chi connectivity index (χ1n) is 7.11. The lowest BCUT2D eigenvalue weighted by Gasteiger charge is -2.12. The summed E-state index contributed by atoms with van der Waals surface area (Å²) in [5.41, 5.74) is 6.32. The summed E-state index contributed by atoms with van der Waals surface area (Å²) in [4.78, 5) is 11.2. The quantitative estimate of drug-likeness (QED) is 0.610. The van der Waals surface area contributed by atoms with Crippen molar-refractivity contribution >= 4 is 35.2 Å². The van der Waals surface area contributed by atoms with Gasteiger partial charge < -0.3 is 15.2 Å². The topological polar surface area (TPSA) is 85.3 Å². The average Bonchev–Trinajstić information content (AvgIpc) is 2.58. The number of ether oxygens (including phenoxy) is 2. The molecule has 1 amide bonds. The highest BCUT2D eigenvalue weighted by atomic mass is 35.5. The Morgan fingerprint density at radius 1 is 1.24 bits per heavy atom. The molecule has 0 aromatic heterocycles. The monoisotopic (exact) mass is 376 g/mol. The third kappa shape index (κ3) is 4.90. The van der Waals surface area contributed by atoms with E-state index in [-0.39, 0.29) is 12.2 Å². The maximum atomic E-state index is 11.2. The van der Waals surface area contributed by atoms with E-state index < -0.39 is 5.91 Å². The van der Waals surface area contributed by atoms with Crippen LogP contribution in [0.1, 0.15) is 11.1 Å². The maximum absolute atomic E-state index is 11.2. The third-order valence-corrected chi connectivity index (χ3v) is 3.87. The lowest BCUT2D eigenvalue weighted by molar-refractivity contribution is -0.114. The minimum absolute atomic E-state index is 0.156. The van der Waals surface area contributed by atoms with Crippen molar-refractivity contribution in [3.63, 3.8) is 0 Å². The van der Waals surface area contributed by atoms with Crippen LogP contribution in [0.3, 0.4) is 0 Å². The SMILES string of the molecule is COc1ccc(/C=C(/C#N)C(N)=O)cc1OCc1ccc(Cl)cc1Cl. The highest BCUT2D eigenvalue weighted by molar-refractivity contribution is 6.35. The molecule has 0 saturated heterocycles. The number of rotatable bonds is 6. The number of carbonyl (C=O) groups is 1. The van der Waals surface area contributed by atoms with Crippen molar-refractivity contribution in [2.75, 3.05) is 7.11 Å². The summed E-state index contributed by atoms with van der Waals surface area (Å²) in [6.45, 7) is 0.195. The van der Waals surface area contributed by atoms with Crippen LogP contribution in [0.4, 0.5) is 0 Å². The van der Waals surface area contributed by atoms with E-state index in [1.807, 2.05) is 0 Å². The Kier molecular flexibility index (Phi) is 6.29. The Bertz CT molecular complexity index is 873. The Hall–Kier alpha value is -2.68. The second-order valence-electron chi connectivity index (χ2n) is 4.97. The molecule has 0 bridgehead atoms. The molecule has 0 radical (unpaired) electrons. The number of amides is 1. The number of nitrogens with two attached hydrogens (primary N) is 1. The van der Waals surface area contributed by atoms with Crippen LogP contribution in [0.2, 0.25) is 10.0 Å². The van der Waals surface area contributed by atoms with Crippen molar-refractivity contribution in [1.29, 1.82) is 5.26 Å². The molecule has 0 atom stereocenters. The van der Waals surface area contributed by atoms with Crippen molar-refractivity contribution in [3.8, 4) is 17.6 Å². The van der Waals surface area contributed by atoms with Gasteiger partial charge in [0, 0.05) is 15.6 Å². The highest BCUT2D eigenvalue weighted by Gasteiger charge is 2.09. The zero-order chi connectivity index (χ0) is 18.4. The van der Waals surface area contributed by atoms with Crippen molar-refractivity contribution in [1.82, 2.24) is 0 Å². The largest absolute Gasteiger partial charge is 0.493 e. The molecule has 0 unspecified atom stereocenters. The van der Waals surface area contributed by atoms with Crippen molar-refractivity contribution in [2.45, 2.75) is 6.61 Å². The van der Waals surface area contributed by atoms with Crippen molar-refractivity contribution in [3.05, 3.63) is 63.1 Å². The summed E-state index contributed by atoms with van der Waals surface area (Å²) >= 11 is 12.0. The molecule has 0 aliphatic rings.